The van der Waals surface area contributed by atoms with Gasteiger partial charge < -0.3 is 15.3 Å². The van der Waals surface area contributed by atoms with Crippen LogP contribution in [0.15, 0.2) is 40.8 Å². The van der Waals surface area contributed by atoms with Crippen molar-refractivity contribution in [2.45, 2.75) is 12.5 Å². The summed E-state index contributed by atoms with van der Waals surface area (Å²) in [5.41, 5.74) is 6.87. The first-order chi connectivity index (χ1) is 9.15. The largest absolute Gasteiger partial charge is 0.480 e. The molecule has 5 heteroatoms. The van der Waals surface area contributed by atoms with Gasteiger partial charge >= 0.3 is 5.97 Å². The number of aromatic nitrogens is 1. The first-order valence-electron chi connectivity index (χ1n) is 5.91. The van der Waals surface area contributed by atoms with E-state index in [1.54, 1.807) is 0 Å². The topological polar surface area (TPSA) is 89.4 Å². The number of nitrogens with zero attached hydrogens (tertiary/aromatic N) is 1. The molecule has 0 amide bonds. The smallest absolute Gasteiger partial charge is 0.321 e. The second-order valence-corrected chi connectivity index (χ2v) is 4.39. The lowest BCUT2D eigenvalue weighted by Crippen LogP contribution is -2.32. The minimum absolute atomic E-state index is 0.0817. The standard InChI is InChI=1S/C14H12N2O3/c15-10(14(17)18)7-12-16-11-6-5-8-3-1-2-4-9(8)13(11)19-12/h1-6,10H,7,15H2,(H,17,18)/t10-/m1/s1. The number of carboxylic acids is 1. The molecule has 3 aromatic rings. The third-order valence-corrected chi connectivity index (χ3v) is 3.04. The van der Waals surface area contributed by atoms with E-state index in [-0.39, 0.29) is 6.42 Å². The average Bonchev–Trinajstić information content (AvgIpc) is 2.81. The molecule has 1 aromatic heterocycles. The van der Waals surface area contributed by atoms with Gasteiger partial charge in [-0.15, -0.1) is 0 Å². The van der Waals surface area contributed by atoms with Gasteiger partial charge in [0, 0.05) is 5.39 Å². The maximum atomic E-state index is 10.7. The Morgan fingerprint density at radius 1 is 1.32 bits per heavy atom. The van der Waals surface area contributed by atoms with E-state index in [0.717, 1.165) is 10.8 Å². The summed E-state index contributed by atoms with van der Waals surface area (Å²) in [4.78, 5) is 15.0. The monoisotopic (exact) mass is 256 g/mol. The zero-order chi connectivity index (χ0) is 13.4. The van der Waals surface area contributed by atoms with Crippen LogP contribution < -0.4 is 5.73 Å². The zero-order valence-electron chi connectivity index (χ0n) is 10.0. The molecule has 2 aromatic carbocycles. The molecule has 5 nitrogen and oxygen atoms in total. The number of rotatable bonds is 3. The fourth-order valence-electron chi connectivity index (χ4n) is 2.06. The van der Waals surface area contributed by atoms with Crippen LogP contribution in [0.3, 0.4) is 0 Å². The molecule has 19 heavy (non-hydrogen) atoms. The lowest BCUT2D eigenvalue weighted by molar-refractivity contribution is -0.138. The molecule has 0 fully saturated rings. The van der Waals surface area contributed by atoms with Crippen molar-refractivity contribution >= 4 is 27.8 Å². The summed E-state index contributed by atoms with van der Waals surface area (Å²) in [5, 5.41) is 10.8. The average molecular weight is 256 g/mol. The first kappa shape index (κ1) is 11.7. The molecular formula is C14H12N2O3. The maximum Gasteiger partial charge on any atom is 0.321 e. The Morgan fingerprint density at radius 2 is 2.11 bits per heavy atom. The molecule has 0 radical (unpaired) electrons. The number of carbonyl (C=O) groups is 1. The summed E-state index contributed by atoms with van der Waals surface area (Å²) < 4.78 is 5.65. The number of hydrogen-bond donors (Lipinski definition) is 2. The van der Waals surface area contributed by atoms with Crippen LogP contribution in [0.4, 0.5) is 0 Å². The Bertz CT molecular complexity index is 764. The number of hydrogen-bond acceptors (Lipinski definition) is 4. The van der Waals surface area contributed by atoms with Crippen molar-refractivity contribution in [3.05, 3.63) is 42.3 Å². The van der Waals surface area contributed by atoms with E-state index in [1.165, 1.54) is 0 Å². The van der Waals surface area contributed by atoms with Gasteiger partial charge in [-0.3, -0.25) is 4.79 Å². The third kappa shape index (κ3) is 2.04. The molecule has 0 saturated carbocycles. The number of aliphatic carboxylic acids is 1. The number of carboxylic acid groups (broad SMARTS) is 1. The van der Waals surface area contributed by atoms with Crippen molar-refractivity contribution in [3.8, 4) is 0 Å². The van der Waals surface area contributed by atoms with Gasteiger partial charge in [0.15, 0.2) is 11.5 Å². The van der Waals surface area contributed by atoms with Gasteiger partial charge in [-0.1, -0.05) is 30.3 Å². The molecule has 0 aliphatic heterocycles. The van der Waals surface area contributed by atoms with Crippen LogP contribution in [0.5, 0.6) is 0 Å². The molecule has 1 heterocycles. The number of benzene rings is 2. The summed E-state index contributed by atoms with van der Waals surface area (Å²) in [6.07, 6.45) is 0.0817. The van der Waals surface area contributed by atoms with Crippen molar-refractivity contribution in [1.29, 1.82) is 0 Å². The highest BCUT2D eigenvalue weighted by molar-refractivity contribution is 6.02. The Morgan fingerprint density at radius 3 is 2.89 bits per heavy atom. The fraction of sp³-hybridized carbons (Fsp3) is 0.143. The van der Waals surface area contributed by atoms with E-state index in [4.69, 9.17) is 15.3 Å². The lowest BCUT2D eigenvalue weighted by atomic mass is 10.1. The van der Waals surface area contributed by atoms with Gasteiger partial charge in [0.05, 0.1) is 6.42 Å². The Hall–Kier alpha value is -2.40. The van der Waals surface area contributed by atoms with Crippen LogP contribution in [-0.2, 0) is 11.2 Å². The summed E-state index contributed by atoms with van der Waals surface area (Å²) in [6.45, 7) is 0. The van der Waals surface area contributed by atoms with Gasteiger partial charge in [-0.05, 0) is 11.5 Å². The summed E-state index contributed by atoms with van der Waals surface area (Å²) in [5.74, 6) is -0.714. The second kappa shape index (κ2) is 4.37. The maximum absolute atomic E-state index is 10.7. The molecule has 1 atom stereocenters. The number of fused-ring (bicyclic) bond motifs is 3. The molecule has 0 aliphatic rings. The van der Waals surface area contributed by atoms with Gasteiger partial charge in [0.25, 0.3) is 0 Å². The van der Waals surface area contributed by atoms with E-state index in [2.05, 4.69) is 4.98 Å². The third-order valence-electron chi connectivity index (χ3n) is 3.04. The highest BCUT2D eigenvalue weighted by Crippen LogP contribution is 2.26. The predicted molar refractivity (Wildman–Crippen MR) is 70.8 cm³/mol. The minimum atomic E-state index is -1.06. The Kier molecular flexibility index (Phi) is 2.68. The van der Waals surface area contributed by atoms with Gasteiger partial charge in [-0.25, -0.2) is 4.98 Å². The molecule has 0 unspecified atom stereocenters. The van der Waals surface area contributed by atoms with Crippen LogP contribution in [-0.4, -0.2) is 22.1 Å². The Labute approximate surface area is 108 Å². The number of nitrogens with two attached hydrogens (primary N) is 1. The summed E-state index contributed by atoms with van der Waals surface area (Å²) in [6, 6.07) is 10.6. The lowest BCUT2D eigenvalue weighted by Gasteiger charge is -2.01. The van der Waals surface area contributed by atoms with Crippen molar-refractivity contribution in [2.75, 3.05) is 0 Å². The normalized spacial score (nSPS) is 12.9. The first-order valence-corrected chi connectivity index (χ1v) is 5.91. The van der Waals surface area contributed by atoms with E-state index in [0.29, 0.717) is 17.0 Å². The quantitative estimate of drug-likeness (QED) is 0.747. The second-order valence-electron chi connectivity index (χ2n) is 4.39. The summed E-state index contributed by atoms with van der Waals surface area (Å²) in [7, 11) is 0. The fourth-order valence-corrected chi connectivity index (χ4v) is 2.06. The van der Waals surface area contributed by atoms with Crippen LogP contribution in [0, 0.1) is 0 Å². The molecule has 0 aliphatic carbocycles. The van der Waals surface area contributed by atoms with Crippen LogP contribution in [0.1, 0.15) is 5.89 Å². The van der Waals surface area contributed by atoms with Crippen molar-refractivity contribution < 1.29 is 14.3 Å². The van der Waals surface area contributed by atoms with E-state index in [1.807, 2.05) is 36.4 Å². The minimum Gasteiger partial charge on any atom is -0.480 e. The van der Waals surface area contributed by atoms with E-state index < -0.39 is 12.0 Å². The Balaban J connectivity index is 2.10. The van der Waals surface area contributed by atoms with Gasteiger partial charge in [0.2, 0.25) is 0 Å². The molecule has 96 valence electrons. The highest BCUT2D eigenvalue weighted by Gasteiger charge is 2.17. The van der Waals surface area contributed by atoms with Gasteiger partial charge in [-0.2, -0.15) is 0 Å². The zero-order valence-corrected chi connectivity index (χ0v) is 10.0. The van der Waals surface area contributed by atoms with Crippen LogP contribution in [0.25, 0.3) is 21.9 Å². The van der Waals surface area contributed by atoms with Crippen molar-refractivity contribution in [3.63, 3.8) is 0 Å². The highest BCUT2D eigenvalue weighted by atomic mass is 16.4. The van der Waals surface area contributed by atoms with Gasteiger partial charge in [0.1, 0.15) is 11.6 Å². The molecule has 3 N–H and O–H groups in total. The predicted octanol–water partition coefficient (Wildman–Crippen LogP) is 1.94. The van der Waals surface area contributed by atoms with Crippen LogP contribution in [0.2, 0.25) is 0 Å². The molecule has 0 bridgehead atoms. The van der Waals surface area contributed by atoms with E-state index in [9.17, 15) is 4.79 Å². The van der Waals surface area contributed by atoms with Crippen molar-refractivity contribution in [1.82, 2.24) is 4.98 Å². The SMILES string of the molecule is N[C@H](Cc1nc2ccc3ccccc3c2o1)C(=O)O. The summed E-state index contributed by atoms with van der Waals surface area (Å²) >= 11 is 0. The molecule has 3 rings (SSSR count). The molecule has 0 spiro atoms. The number of oxazole rings is 1. The molecular weight excluding hydrogens is 244 g/mol. The molecule has 0 saturated heterocycles. The van der Waals surface area contributed by atoms with Crippen molar-refractivity contribution in [2.24, 2.45) is 5.73 Å². The van der Waals surface area contributed by atoms with Crippen LogP contribution >= 0.6 is 0 Å². The van der Waals surface area contributed by atoms with E-state index >= 15 is 0 Å².